The van der Waals surface area contributed by atoms with Gasteiger partial charge in [0.05, 0.1) is 4.90 Å². The summed E-state index contributed by atoms with van der Waals surface area (Å²) in [6.45, 7) is 6.14. The quantitative estimate of drug-likeness (QED) is 0.436. The number of aryl methyl sites for hydroxylation is 1. The van der Waals surface area contributed by atoms with Crippen LogP contribution in [-0.2, 0) is 21.2 Å². The van der Waals surface area contributed by atoms with Gasteiger partial charge in [0.1, 0.15) is 0 Å². The molecular formula is C25H31N3O4S. The second-order valence-corrected chi connectivity index (χ2v) is 10.2. The first kappa shape index (κ1) is 24.7. The Hall–Kier alpha value is -2.97. The van der Waals surface area contributed by atoms with Crippen molar-refractivity contribution in [3.8, 4) is 0 Å². The van der Waals surface area contributed by atoms with Gasteiger partial charge in [0.25, 0.3) is 5.91 Å². The van der Waals surface area contributed by atoms with Gasteiger partial charge in [0.15, 0.2) is 0 Å². The molecule has 1 fully saturated rings. The summed E-state index contributed by atoms with van der Waals surface area (Å²) in [5.74, 6) is -0.475. The molecule has 3 rings (SSSR count). The smallest absolute Gasteiger partial charge is 0.251 e. The van der Waals surface area contributed by atoms with Crippen LogP contribution in [0.15, 0.2) is 72.1 Å². The van der Waals surface area contributed by atoms with Crippen LogP contribution in [-0.4, -0.2) is 49.7 Å². The Balaban J connectivity index is 1.54. The van der Waals surface area contributed by atoms with Crippen LogP contribution < -0.4 is 10.6 Å². The minimum absolute atomic E-state index is 0.0788. The molecule has 0 aliphatic carbocycles. The van der Waals surface area contributed by atoms with E-state index in [2.05, 4.69) is 29.3 Å². The number of rotatable bonds is 9. The summed E-state index contributed by atoms with van der Waals surface area (Å²) in [6, 6.07) is 15.8. The van der Waals surface area contributed by atoms with E-state index in [1.165, 1.54) is 28.1 Å². The van der Waals surface area contributed by atoms with Crippen LogP contribution in [0.1, 0.15) is 42.1 Å². The second kappa shape index (κ2) is 11.2. The Morgan fingerprint density at radius 3 is 2.45 bits per heavy atom. The molecule has 33 heavy (non-hydrogen) atoms. The van der Waals surface area contributed by atoms with E-state index < -0.39 is 10.0 Å². The topological polar surface area (TPSA) is 95.6 Å². The lowest BCUT2D eigenvalue weighted by molar-refractivity contribution is -0.117. The van der Waals surface area contributed by atoms with Crippen LogP contribution in [0.4, 0.5) is 0 Å². The minimum atomic E-state index is -3.69. The van der Waals surface area contributed by atoms with Crippen molar-refractivity contribution in [2.75, 3.05) is 13.1 Å². The molecule has 1 aliphatic heterocycles. The lowest BCUT2D eigenvalue weighted by atomic mass is 10.0. The molecule has 2 unspecified atom stereocenters. The van der Waals surface area contributed by atoms with Gasteiger partial charge in [-0.25, -0.2) is 8.42 Å². The SMILES string of the molecule is C=CC(=O)NC1CCN(S(=O)(=O)c2ccc(C(=O)NCCCc3ccccc3)cc2)C(C)C1. The highest BCUT2D eigenvalue weighted by Gasteiger charge is 2.34. The Morgan fingerprint density at radius 1 is 1.12 bits per heavy atom. The van der Waals surface area contributed by atoms with Gasteiger partial charge in [-0.15, -0.1) is 0 Å². The van der Waals surface area contributed by atoms with Gasteiger partial charge in [-0.1, -0.05) is 36.9 Å². The fourth-order valence-electron chi connectivity index (χ4n) is 4.05. The van der Waals surface area contributed by atoms with E-state index in [1.807, 2.05) is 25.1 Å². The summed E-state index contributed by atoms with van der Waals surface area (Å²) < 4.78 is 27.7. The van der Waals surface area contributed by atoms with E-state index >= 15 is 0 Å². The molecule has 1 heterocycles. The van der Waals surface area contributed by atoms with Crippen LogP contribution in [0.2, 0.25) is 0 Å². The van der Waals surface area contributed by atoms with Gasteiger partial charge >= 0.3 is 0 Å². The van der Waals surface area contributed by atoms with Crippen molar-refractivity contribution in [2.45, 2.75) is 49.6 Å². The normalized spacial score (nSPS) is 18.9. The third kappa shape index (κ3) is 6.52. The van der Waals surface area contributed by atoms with E-state index in [0.717, 1.165) is 12.8 Å². The largest absolute Gasteiger partial charge is 0.352 e. The number of nitrogens with one attached hydrogen (secondary N) is 2. The molecule has 0 spiro atoms. The Morgan fingerprint density at radius 2 is 1.82 bits per heavy atom. The number of benzene rings is 2. The first-order valence-corrected chi connectivity index (χ1v) is 12.6. The van der Waals surface area contributed by atoms with Crippen LogP contribution >= 0.6 is 0 Å². The standard InChI is InChI=1S/C25H31N3O4S/c1-3-24(29)27-22-15-17-28(19(2)18-22)33(31,32)23-13-11-21(12-14-23)25(30)26-16-7-10-20-8-5-4-6-9-20/h3-6,8-9,11-14,19,22H,1,7,10,15-18H2,2H3,(H,26,30)(H,27,29). The van der Waals surface area contributed by atoms with E-state index in [-0.39, 0.29) is 28.8 Å². The summed E-state index contributed by atoms with van der Waals surface area (Å²) in [6.07, 6.45) is 3.98. The summed E-state index contributed by atoms with van der Waals surface area (Å²) in [4.78, 5) is 24.1. The van der Waals surface area contributed by atoms with E-state index in [9.17, 15) is 18.0 Å². The molecule has 176 valence electrons. The number of hydrogen-bond donors (Lipinski definition) is 2. The van der Waals surface area contributed by atoms with Gasteiger partial charge in [-0.05, 0) is 68.5 Å². The highest BCUT2D eigenvalue weighted by atomic mass is 32.2. The predicted molar refractivity (Wildman–Crippen MR) is 128 cm³/mol. The molecule has 2 aromatic carbocycles. The minimum Gasteiger partial charge on any atom is -0.352 e. The molecule has 0 radical (unpaired) electrons. The summed E-state index contributed by atoms with van der Waals surface area (Å²) in [5, 5.41) is 5.72. The summed E-state index contributed by atoms with van der Waals surface area (Å²) in [7, 11) is -3.69. The maximum atomic E-state index is 13.1. The molecule has 0 bridgehead atoms. The van der Waals surface area contributed by atoms with Crippen LogP contribution in [0, 0.1) is 0 Å². The van der Waals surface area contributed by atoms with Crippen molar-refractivity contribution in [1.82, 2.24) is 14.9 Å². The molecule has 7 nitrogen and oxygen atoms in total. The lowest BCUT2D eigenvalue weighted by Gasteiger charge is -2.36. The Kier molecular flexibility index (Phi) is 8.41. The van der Waals surface area contributed by atoms with Crippen LogP contribution in [0.25, 0.3) is 0 Å². The first-order valence-electron chi connectivity index (χ1n) is 11.2. The van der Waals surface area contributed by atoms with Crippen LogP contribution in [0.3, 0.4) is 0 Å². The van der Waals surface area contributed by atoms with Crippen molar-refractivity contribution >= 4 is 21.8 Å². The number of sulfonamides is 1. The number of carbonyl (C=O) groups excluding carboxylic acids is 2. The fraction of sp³-hybridized carbons (Fsp3) is 0.360. The molecule has 1 aliphatic rings. The number of amides is 2. The van der Waals surface area contributed by atoms with Gasteiger partial charge < -0.3 is 10.6 Å². The molecule has 2 amide bonds. The van der Waals surface area contributed by atoms with E-state index in [0.29, 0.717) is 31.5 Å². The third-order valence-electron chi connectivity index (χ3n) is 5.84. The number of carbonyl (C=O) groups is 2. The average molecular weight is 470 g/mol. The van der Waals surface area contributed by atoms with Crippen molar-refractivity contribution in [2.24, 2.45) is 0 Å². The number of piperidine rings is 1. The third-order valence-corrected chi connectivity index (χ3v) is 7.87. The zero-order valence-corrected chi connectivity index (χ0v) is 19.7. The molecule has 2 aromatic rings. The Bertz CT molecular complexity index is 1070. The summed E-state index contributed by atoms with van der Waals surface area (Å²) in [5.41, 5.74) is 1.65. The Labute approximate surface area is 195 Å². The monoisotopic (exact) mass is 469 g/mol. The van der Waals surface area contributed by atoms with Crippen molar-refractivity contribution in [1.29, 1.82) is 0 Å². The molecule has 2 N–H and O–H groups in total. The zero-order chi connectivity index (χ0) is 23.8. The van der Waals surface area contributed by atoms with Gasteiger partial charge in [-0.3, -0.25) is 9.59 Å². The lowest BCUT2D eigenvalue weighted by Crippen LogP contribution is -2.50. The highest BCUT2D eigenvalue weighted by molar-refractivity contribution is 7.89. The van der Waals surface area contributed by atoms with Gasteiger partial charge in [0, 0.05) is 30.7 Å². The molecule has 0 saturated carbocycles. The van der Waals surface area contributed by atoms with Crippen LogP contribution in [0.5, 0.6) is 0 Å². The molecule has 2 atom stereocenters. The van der Waals surface area contributed by atoms with Crippen molar-refractivity contribution in [3.05, 3.63) is 78.4 Å². The zero-order valence-electron chi connectivity index (χ0n) is 18.9. The summed E-state index contributed by atoms with van der Waals surface area (Å²) >= 11 is 0. The molecule has 8 heteroatoms. The number of nitrogens with zero attached hydrogens (tertiary/aromatic N) is 1. The molecular weight excluding hydrogens is 438 g/mol. The number of hydrogen-bond acceptors (Lipinski definition) is 4. The second-order valence-electron chi connectivity index (χ2n) is 8.27. The fourth-order valence-corrected chi connectivity index (χ4v) is 5.71. The maximum Gasteiger partial charge on any atom is 0.251 e. The van der Waals surface area contributed by atoms with Crippen molar-refractivity contribution in [3.63, 3.8) is 0 Å². The van der Waals surface area contributed by atoms with Crippen molar-refractivity contribution < 1.29 is 18.0 Å². The van der Waals surface area contributed by atoms with Gasteiger partial charge in [-0.2, -0.15) is 4.31 Å². The molecule has 1 saturated heterocycles. The first-order chi connectivity index (χ1) is 15.8. The molecule has 0 aromatic heterocycles. The predicted octanol–water partition coefficient (Wildman–Crippen LogP) is 2.89. The van der Waals surface area contributed by atoms with E-state index in [1.54, 1.807) is 12.1 Å². The van der Waals surface area contributed by atoms with E-state index in [4.69, 9.17) is 0 Å². The van der Waals surface area contributed by atoms with Gasteiger partial charge in [0.2, 0.25) is 15.9 Å². The maximum absolute atomic E-state index is 13.1. The highest BCUT2D eigenvalue weighted by Crippen LogP contribution is 2.25. The average Bonchev–Trinajstić information content (AvgIpc) is 2.82.